The van der Waals surface area contributed by atoms with Crippen molar-refractivity contribution in [3.63, 3.8) is 0 Å². The highest BCUT2D eigenvalue weighted by Crippen LogP contribution is 2.25. The Morgan fingerprint density at radius 3 is 2.90 bits per heavy atom. The first-order valence-electron chi connectivity index (χ1n) is 9.29. The Balaban J connectivity index is 1.42. The van der Waals surface area contributed by atoms with Crippen LogP contribution in [0.4, 0.5) is 5.69 Å². The SMILES string of the molecule is COc1cccc(N2CC(NC(=O)c3cccc(Cn4cncn4)c3)CC2=O)c1. The zero-order chi connectivity index (χ0) is 20.2. The number of benzene rings is 2. The Morgan fingerprint density at radius 2 is 2.10 bits per heavy atom. The molecule has 1 aliphatic rings. The van der Waals surface area contributed by atoms with Crippen molar-refractivity contribution in [3.8, 4) is 5.75 Å². The van der Waals surface area contributed by atoms with Gasteiger partial charge in [-0.25, -0.2) is 9.67 Å². The molecule has 2 amide bonds. The van der Waals surface area contributed by atoms with Crippen LogP contribution in [0, 0.1) is 0 Å². The van der Waals surface area contributed by atoms with Crippen LogP contribution in [-0.2, 0) is 11.3 Å². The van der Waals surface area contributed by atoms with Gasteiger partial charge in [0.25, 0.3) is 5.91 Å². The molecule has 29 heavy (non-hydrogen) atoms. The third-order valence-electron chi connectivity index (χ3n) is 4.83. The van der Waals surface area contributed by atoms with Crippen LogP contribution in [-0.4, -0.2) is 46.3 Å². The van der Waals surface area contributed by atoms with Gasteiger partial charge in [-0.15, -0.1) is 0 Å². The summed E-state index contributed by atoms with van der Waals surface area (Å²) in [6.07, 6.45) is 3.37. The van der Waals surface area contributed by atoms with Gasteiger partial charge in [-0.1, -0.05) is 18.2 Å². The van der Waals surface area contributed by atoms with Gasteiger partial charge < -0.3 is 15.0 Å². The summed E-state index contributed by atoms with van der Waals surface area (Å²) in [7, 11) is 1.59. The summed E-state index contributed by atoms with van der Waals surface area (Å²) in [5, 5.41) is 7.05. The Labute approximate surface area is 168 Å². The zero-order valence-electron chi connectivity index (χ0n) is 16.0. The second-order valence-electron chi connectivity index (χ2n) is 6.87. The number of carbonyl (C=O) groups excluding carboxylic acids is 2. The molecule has 1 aromatic heterocycles. The van der Waals surface area contributed by atoms with E-state index in [0.29, 0.717) is 24.4 Å². The highest BCUT2D eigenvalue weighted by molar-refractivity contribution is 5.99. The summed E-state index contributed by atoms with van der Waals surface area (Å²) in [5.74, 6) is 0.464. The lowest BCUT2D eigenvalue weighted by molar-refractivity contribution is -0.117. The molecule has 1 fully saturated rings. The van der Waals surface area contributed by atoms with Crippen molar-refractivity contribution in [3.05, 3.63) is 72.3 Å². The maximum Gasteiger partial charge on any atom is 0.251 e. The molecule has 0 bridgehead atoms. The first-order valence-corrected chi connectivity index (χ1v) is 9.29. The van der Waals surface area contributed by atoms with Gasteiger partial charge in [0, 0.05) is 30.3 Å². The fourth-order valence-electron chi connectivity index (χ4n) is 3.41. The molecular weight excluding hydrogens is 370 g/mol. The predicted octanol–water partition coefficient (Wildman–Crippen LogP) is 1.87. The standard InChI is InChI=1S/C21H21N5O3/c1-29-19-7-3-6-18(10-19)26-12-17(9-20(26)27)24-21(28)16-5-2-4-15(8-16)11-25-14-22-13-23-25/h2-8,10,13-14,17H,9,11-12H2,1H3,(H,24,28). The van der Waals surface area contributed by atoms with E-state index in [1.807, 2.05) is 42.5 Å². The first kappa shape index (κ1) is 18.7. The van der Waals surface area contributed by atoms with Crippen LogP contribution in [0.3, 0.4) is 0 Å². The molecular formula is C21H21N5O3. The van der Waals surface area contributed by atoms with Crippen LogP contribution in [0.15, 0.2) is 61.2 Å². The maximum absolute atomic E-state index is 12.7. The second-order valence-corrected chi connectivity index (χ2v) is 6.87. The molecule has 0 radical (unpaired) electrons. The summed E-state index contributed by atoms with van der Waals surface area (Å²) < 4.78 is 6.92. The van der Waals surface area contributed by atoms with E-state index in [2.05, 4.69) is 15.4 Å². The molecule has 0 spiro atoms. The lowest BCUT2D eigenvalue weighted by Gasteiger charge is -2.18. The minimum atomic E-state index is -0.250. The third-order valence-corrected chi connectivity index (χ3v) is 4.83. The molecule has 148 valence electrons. The van der Waals surface area contributed by atoms with Crippen LogP contribution in [0.5, 0.6) is 5.75 Å². The summed E-state index contributed by atoms with van der Waals surface area (Å²) >= 11 is 0. The van der Waals surface area contributed by atoms with E-state index >= 15 is 0 Å². The summed E-state index contributed by atoms with van der Waals surface area (Å²) in [4.78, 5) is 30.8. The molecule has 0 aliphatic carbocycles. The predicted molar refractivity (Wildman–Crippen MR) is 107 cm³/mol. The molecule has 3 aromatic rings. The van der Waals surface area contributed by atoms with E-state index in [1.54, 1.807) is 29.1 Å². The molecule has 0 saturated carbocycles. The van der Waals surface area contributed by atoms with E-state index in [9.17, 15) is 9.59 Å². The van der Waals surface area contributed by atoms with Crippen molar-refractivity contribution in [2.75, 3.05) is 18.6 Å². The fraction of sp³-hybridized carbons (Fsp3) is 0.238. The zero-order valence-corrected chi connectivity index (χ0v) is 16.0. The molecule has 1 unspecified atom stereocenters. The molecule has 2 heterocycles. The van der Waals surface area contributed by atoms with Crippen molar-refractivity contribution >= 4 is 17.5 Å². The molecule has 1 N–H and O–H groups in total. The first-order chi connectivity index (χ1) is 14.1. The number of ether oxygens (including phenoxy) is 1. The summed E-state index contributed by atoms with van der Waals surface area (Å²) in [5.41, 5.74) is 2.26. The Morgan fingerprint density at radius 1 is 1.24 bits per heavy atom. The van der Waals surface area contributed by atoms with Crippen molar-refractivity contribution in [1.82, 2.24) is 20.1 Å². The van der Waals surface area contributed by atoms with Crippen LogP contribution < -0.4 is 15.0 Å². The number of rotatable bonds is 6. The smallest absolute Gasteiger partial charge is 0.251 e. The van der Waals surface area contributed by atoms with Crippen LogP contribution in [0.1, 0.15) is 22.3 Å². The van der Waals surface area contributed by atoms with Crippen molar-refractivity contribution in [1.29, 1.82) is 0 Å². The van der Waals surface area contributed by atoms with Crippen LogP contribution in [0.2, 0.25) is 0 Å². The van der Waals surface area contributed by atoms with Crippen LogP contribution >= 0.6 is 0 Å². The quantitative estimate of drug-likeness (QED) is 0.693. The lowest BCUT2D eigenvalue weighted by atomic mass is 10.1. The van der Waals surface area contributed by atoms with Gasteiger partial charge in [-0.05, 0) is 29.8 Å². The van der Waals surface area contributed by atoms with Gasteiger partial charge in [0.1, 0.15) is 18.4 Å². The van der Waals surface area contributed by atoms with Gasteiger partial charge in [0.15, 0.2) is 0 Å². The summed E-state index contributed by atoms with van der Waals surface area (Å²) in [6, 6.07) is 14.5. The number of nitrogens with zero attached hydrogens (tertiary/aromatic N) is 4. The number of methoxy groups -OCH3 is 1. The average Bonchev–Trinajstić information content (AvgIpc) is 3.37. The monoisotopic (exact) mass is 391 g/mol. The lowest BCUT2D eigenvalue weighted by Crippen LogP contribution is -2.37. The number of hydrogen-bond acceptors (Lipinski definition) is 5. The number of aromatic nitrogens is 3. The number of carbonyl (C=O) groups is 2. The van der Waals surface area contributed by atoms with E-state index in [0.717, 1.165) is 11.3 Å². The van der Waals surface area contributed by atoms with Gasteiger partial charge in [-0.2, -0.15) is 5.10 Å². The topological polar surface area (TPSA) is 89.3 Å². The Bertz CT molecular complexity index is 1020. The van der Waals surface area contributed by atoms with Gasteiger partial charge in [0.2, 0.25) is 5.91 Å². The molecule has 4 rings (SSSR count). The largest absolute Gasteiger partial charge is 0.497 e. The molecule has 1 aliphatic heterocycles. The van der Waals surface area contributed by atoms with Gasteiger partial charge in [-0.3, -0.25) is 9.59 Å². The van der Waals surface area contributed by atoms with Gasteiger partial charge >= 0.3 is 0 Å². The number of hydrogen-bond donors (Lipinski definition) is 1. The molecule has 2 aromatic carbocycles. The van der Waals surface area contributed by atoms with Crippen molar-refractivity contribution < 1.29 is 14.3 Å². The van der Waals surface area contributed by atoms with E-state index < -0.39 is 0 Å². The normalized spacial score (nSPS) is 16.1. The van der Waals surface area contributed by atoms with E-state index in [1.165, 1.54) is 6.33 Å². The average molecular weight is 391 g/mol. The fourth-order valence-corrected chi connectivity index (χ4v) is 3.41. The molecule has 8 nitrogen and oxygen atoms in total. The molecule has 8 heteroatoms. The molecule has 1 saturated heterocycles. The summed E-state index contributed by atoms with van der Waals surface area (Å²) in [6.45, 7) is 0.961. The van der Waals surface area contributed by atoms with E-state index in [4.69, 9.17) is 4.74 Å². The maximum atomic E-state index is 12.7. The third kappa shape index (κ3) is 4.26. The van der Waals surface area contributed by atoms with Crippen molar-refractivity contribution in [2.45, 2.75) is 19.0 Å². The number of anilines is 1. The number of nitrogens with one attached hydrogen (secondary N) is 1. The van der Waals surface area contributed by atoms with E-state index in [-0.39, 0.29) is 24.3 Å². The number of amides is 2. The molecule has 1 atom stereocenters. The second kappa shape index (κ2) is 8.14. The van der Waals surface area contributed by atoms with Crippen molar-refractivity contribution in [2.24, 2.45) is 0 Å². The Hall–Kier alpha value is -3.68. The van der Waals surface area contributed by atoms with Crippen LogP contribution in [0.25, 0.3) is 0 Å². The minimum Gasteiger partial charge on any atom is -0.497 e. The highest BCUT2D eigenvalue weighted by atomic mass is 16.5. The Kier molecular flexibility index (Phi) is 5.24. The van der Waals surface area contributed by atoms with Gasteiger partial charge in [0.05, 0.1) is 19.7 Å². The highest BCUT2D eigenvalue weighted by Gasteiger charge is 2.32. The minimum absolute atomic E-state index is 0.0246.